The fourth-order valence-corrected chi connectivity index (χ4v) is 8.52. The molecular formula is C17H24N2O6S2. The third-order valence-corrected chi connectivity index (χ3v) is 9.19. The highest BCUT2D eigenvalue weighted by Crippen LogP contribution is 2.29. The standard InChI is InChI=1S/C17H24N2O6S2/c1-2-25-17(20)19-10-8-18(9-11-19)15-12-26(21,22)13-16(15)27(23,24)14-6-4-3-5-7-14/h3-7,15-16H,2,8-13H2,1H3/t15-,16-/m1/s1. The van der Waals surface area contributed by atoms with Crippen molar-refractivity contribution in [3.8, 4) is 0 Å². The van der Waals surface area contributed by atoms with E-state index < -0.39 is 37.1 Å². The molecule has 0 spiro atoms. The van der Waals surface area contributed by atoms with Gasteiger partial charge in [-0.1, -0.05) is 18.2 Å². The number of piperazine rings is 1. The number of benzene rings is 1. The van der Waals surface area contributed by atoms with Gasteiger partial charge in [0.05, 0.1) is 28.3 Å². The van der Waals surface area contributed by atoms with Gasteiger partial charge >= 0.3 is 6.09 Å². The van der Waals surface area contributed by atoms with E-state index in [4.69, 9.17) is 4.74 Å². The Bertz CT molecular complexity index is 877. The van der Waals surface area contributed by atoms with Gasteiger partial charge in [-0.3, -0.25) is 4.90 Å². The third kappa shape index (κ3) is 4.27. The summed E-state index contributed by atoms with van der Waals surface area (Å²) in [6.45, 7) is 3.62. The van der Waals surface area contributed by atoms with Crippen molar-refractivity contribution in [1.29, 1.82) is 0 Å². The first-order valence-electron chi connectivity index (χ1n) is 8.90. The lowest BCUT2D eigenvalue weighted by Crippen LogP contribution is -2.55. The molecule has 2 atom stereocenters. The maximum absolute atomic E-state index is 13.1. The second-order valence-electron chi connectivity index (χ2n) is 6.76. The molecule has 2 aliphatic heterocycles. The Morgan fingerprint density at radius 2 is 1.74 bits per heavy atom. The Morgan fingerprint density at radius 3 is 2.33 bits per heavy atom. The van der Waals surface area contributed by atoms with Crippen LogP contribution >= 0.6 is 0 Å². The molecule has 10 heteroatoms. The highest BCUT2D eigenvalue weighted by atomic mass is 32.2. The summed E-state index contributed by atoms with van der Waals surface area (Å²) in [4.78, 5) is 15.4. The van der Waals surface area contributed by atoms with Gasteiger partial charge in [0, 0.05) is 32.2 Å². The Balaban J connectivity index is 1.79. The molecule has 2 fully saturated rings. The molecule has 27 heavy (non-hydrogen) atoms. The largest absolute Gasteiger partial charge is 0.450 e. The predicted octanol–water partition coefficient (Wildman–Crippen LogP) is 0.400. The lowest BCUT2D eigenvalue weighted by Gasteiger charge is -2.38. The van der Waals surface area contributed by atoms with Crippen LogP contribution in [0, 0.1) is 0 Å². The summed E-state index contributed by atoms with van der Waals surface area (Å²) in [7, 11) is -7.22. The second kappa shape index (κ2) is 7.76. The van der Waals surface area contributed by atoms with Crippen LogP contribution < -0.4 is 0 Å². The SMILES string of the molecule is CCOC(=O)N1CCN([C@@H]2CS(=O)(=O)C[C@H]2S(=O)(=O)c2ccccc2)CC1. The molecule has 2 saturated heterocycles. The van der Waals surface area contributed by atoms with Gasteiger partial charge in [-0.25, -0.2) is 21.6 Å². The van der Waals surface area contributed by atoms with Crippen molar-refractivity contribution in [3.63, 3.8) is 0 Å². The van der Waals surface area contributed by atoms with Crippen molar-refractivity contribution in [1.82, 2.24) is 9.80 Å². The van der Waals surface area contributed by atoms with Crippen LogP contribution in [0.3, 0.4) is 0 Å². The van der Waals surface area contributed by atoms with Gasteiger partial charge in [-0.2, -0.15) is 0 Å². The van der Waals surface area contributed by atoms with E-state index >= 15 is 0 Å². The zero-order chi connectivity index (χ0) is 19.7. The summed E-state index contributed by atoms with van der Waals surface area (Å²) in [5.74, 6) is -0.546. The smallest absolute Gasteiger partial charge is 0.409 e. The average molecular weight is 417 g/mol. The monoisotopic (exact) mass is 416 g/mol. The van der Waals surface area contributed by atoms with Crippen LogP contribution in [0.25, 0.3) is 0 Å². The zero-order valence-electron chi connectivity index (χ0n) is 15.2. The number of carbonyl (C=O) groups excluding carboxylic acids is 1. The zero-order valence-corrected chi connectivity index (χ0v) is 16.8. The van der Waals surface area contributed by atoms with E-state index in [2.05, 4.69) is 0 Å². The fourth-order valence-electron chi connectivity index (χ4n) is 3.67. The molecule has 0 aliphatic carbocycles. The average Bonchev–Trinajstić information content (AvgIpc) is 2.99. The molecule has 1 amide bonds. The molecule has 150 valence electrons. The van der Waals surface area contributed by atoms with E-state index in [1.165, 1.54) is 12.1 Å². The topological polar surface area (TPSA) is 101 Å². The number of hydrogen-bond donors (Lipinski definition) is 0. The predicted molar refractivity (Wildman–Crippen MR) is 100 cm³/mol. The van der Waals surface area contributed by atoms with E-state index in [1.807, 2.05) is 4.90 Å². The van der Waals surface area contributed by atoms with Crippen molar-refractivity contribution >= 4 is 25.8 Å². The highest BCUT2D eigenvalue weighted by molar-refractivity contribution is 7.96. The van der Waals surface area contributed by atoms with Crippen LogP contribution in [-0.2, 0) is 24.4 Å². The lowest BCUT2D eigenvalue weighted by molar-refractivity contribution is 0.0700. The van der Waals surface area contributed by atoms with Crippen LogP contribution in [-0.4, -0.2) is 88.3 Å². The molecule has 8 nitrogen and oxygen atoms in total. The van der Waals surface area contributed by atoms with Crippen molar-refractivity contribution < 1.29 is 26.4 Å². The minimum atomic E-state index is -3.77. The molecule has 0 N–H and O–H groups in total. The number of sulfone groups is 2. The van der Waals surface area contributed by atoms with Gasteiger partial charge in [-0.15, -0.1) is 0 Å². The van der Waals surface area contributed by atoms with E-state index in [-0.39, 0.29) is 23.0 Å². The van der Waals surface area contributed by atoms with Crippen molar-refractivity contribution in [2.24, 2.45) is 0 Å². The normalized spacial score (nSPS) is 26.0. The summed E-state index contributed by atoms with van der Waals surface area (Å²) < 4.78 is 55.6. The van der Waals surface area contributed by atoms with Crippen LogP contribution in [0.2, 0.25) is 0 Å². The van der Waals surface area contributed by atoms with Crippen LogP contribution in [0.15, 0.2) is 35.2 Å². The van der Waals surface area contributed by atoms with Crippen molar-refractivity contribution in [3.05, 3.63) is 30.3 Å². The number of ether oxygens (including phenoxy) is 1. The molecule has 0 saturated carbocycles. The van der Waals surface area contributed by atoms with Gasteiger partial charge in [0.1, 0.15) is 0 Å². The molecule has 0 unspecified atom stereocenters. The summed E-state index contributed by atoms with van der Waals surface area (Å²) in [5, 5.41) is -1.00. The van der Waals surface area contributed by atoms with Gasteiger partial charge in [0.25, 0.3) is 0 Å². The first-order chi connectivity index (χ1) is 12.7. The molecular weight excluding hydrogens is 392 g/mol. The summed E-state index contributed by atoms with van der Waals surface area (Å²) >= 11 is 0. The number of hydrogen-bond acceptors (Lipinski definition) is 7. The van der Waals surface area contributed by atoms with Gasteiger partial charge in [0.15, 0.2) is 19.7 Å². The fraction of sp³-hybridized carbons (Fsp3) is 0.588. The molecule has 0 aromatic heterocycles. The molecule has 0 bridgehead atoms. The Kier molecular flexibility index (Phi) is 5.78. The Morgan fingerprint density at radius 1 is 1.11 bits per heavy atom. The van der Waals surface area contributed by atoms with Crippen molar-refractivity contribution in [2.75, 3.05) is 44.3 Å². The number of nitrogens with zero attached hydrogens (tertiary/aromatic N) is 2. The molecule has 3 rings (SSSR count). The molecule has 1 aromatic rings. The molecule has 2 heterocycles. The summed E-state index contributed by atoms with van der Waals surface area (Å²) in [5.41, 5.74) is 0. The van der Waals surface area contributed by atoms with Gasteiger partial charge in [-0.05, 0) is 19.1 Å². The van der Waals surface area contributed by atoms with E-state index in [9.17, 15) is 21.6 Å². The minimum Gasteiger partial charge on any atom is -0.450 e. The van der Waals surface area contributed by atoms with Gasteiger partial charge < -0.3 is 9.64 Å². The van der Waals surface area contributed by atoms with Gasteiger partial charge in [0.2, 0.25) is 0 Å². The number of carbonyl (C=O) groups is 1. The summed E-state index contributed by atoms with van der Waals surface area (Å²) in [6, 6.07) is 7.36. The van der Waals surface area contributed by atoms with Crippen LogP contribution in [0.5, 0.6) is 0 Å². The lowest BCUT2D eigenvalue weighted by atomic mass is 10.2. The maximum atomic E-state index is 13.1. The molecule has 1 aromatic carbocycles. The van der Waals surface area contributed by atoms with Crippen molar-refractivity contribution in [2.45, 2.75) is 23.1 Å². The Labute approximate surface area is 159 Å². The third-order valence-electron chi connectivity index (χ3n) is 5.05. The minimum absolute atomic E-state index is 0.141. The van der Waals surface area contributed by atoms with E-state index in [1.54, 1.807) is 30.0 Å². The van der Waals surface area contributed by atoms with E-state index in [0.29, 0.717) is 26.2 Å². The van der Waals surface area contributed by atoms with Crippen LogP contribution in [0.4, 0.5) is 4.79 Å². The number of rotatable bonds is 4. The van der Waals surface area contributed by atoms with Crippen LogP contribution in [0.1, 0.15) is 6.92 Å². The first-order valence-corrected chi connectivity index (χ1v) is 12.3. The molecule has 0 radical (unpaired) electrons. The quantitative estimate of drug-likeness (QED) is 0.700. The Hall–Kier alpha value is -1.65. The maximum Gasteiger partial charge on any atom is 0.409 e. The first kappa shape index (κ1) is 20.1. The highest BCUT2D eigenvalue weighted by Gasteiger charge is 2.48. The molecule has 2 aliphatic rings. The summed E-state index contributed by atoms with van der Waals surface area (Å²) in [6.07, 6.45) is -0.398. The van der Waals surface area contributed by atoms with E-state index in [0.717, 1.165) is 0 Å². The number of amides is 1. The second-order valence-corrected chi connectivity index (χ2v) is 11.1.